The SMILES string of the molecule is Cc1nc(N)nc(-c2cccc(C(F)(F)F)c2)c1C#CC1CN=CN1C. The van der Waals surface area contributed by atoms with Gasteiger partial charge in [-0.05, 0) is 19.1 Å². The Labute approximate surface area is 148 Å². The van der Waals surface area contributed by atoms with Crippen LogP contribution >= 0.6 is 0 Å². The molecular formula is C18H16F3N5. The normalized spacial score (nSPS) is 16.5. The summed E-state index contributed by atoms with van der Waals surface area (Å²) in [6.45, 7) is 2.24. The van der Waals surface area contributed by atoms with Crippen molar-refractivity contribution in [2.24, 2.45) is 4.99 Å². The number of aromatic nitrogens is 2. The number of nitrogens with two attached hydrogens (primary N) is 1. The predicted molar refractivity (Wildman–Crippen MR) is 93.4 cm³/mol. The smallest absolute Gasteiger partial charge is 0.368 e. The first kappa shape index (κ1) is 17.7. The van der Waals surface area contributed by atoms with Gasteiger partial charge in [0.05, 0.1) is 35.4 Å². The molecule has 134 valence electrons. The highest BCUT2D eigenvalue weighted by Crippen LogP contribution is 2.33. The van der Waals surface area contributed by atoms with Gasteiger partial charge in [0.2, 0.25) is 5.95 Å². The molecule has 1 aliphatic rings. The topological polar surface area (TPSA) is 67.4 Å². The third-order valence-electron chi connectivity index (χ3n) is 3.97. The monoisotopic (exact) mass is 359 g/mol. The van der Waals surface area contributed by atoms with E-state index in [1.165, 1.54) is 6.07 Å². The Hall–Kier alpha value is -3.08. The molecule has 1 atom stereocenters. The summed E-state index contributed by atoms with van der Waals surface area (Å²) in [4.78, 5) is 14.2. The van der Waals surface area contributed by atoms with Crippen molar-refractivity contribution in [2.45, 2.75) is 19.1 Å². The third-order valence-corrected chi connectivity index (χ3v) is 3.97. The van der Waals surface area contributed by atoms with Crippen molar-refractivity contribution in [3.05, 3.63) is 41.1 Å². The van der Waals surface area contributed by atoms with Crippen LogP contribution in [0, 0.1) is 18.8 Å². The molecule has 0 fully saturated rings. The van der Waals surface area contributed by atoms with Crippen molar-refractivity contribution in [3.8, 4) is 23.1 Å². The highest BCUT2D eigenvalue weighted by Gasteiger charge is 2.30. The molecule has 0 spiro atoms. The zero-order chi connectivity index (χ0) is 18.9. The Bertz CT molecular complexity index is 925. The van der Waals surface area contributed by atoms with Crippen LogP contribution < -0.4 is 5.73 Å². The van der Waals surface area contributed by atoms with Gasteiger partial charge in [0.25, 0.3) is 0 Å². The first-order valence-corrected chi connectivity index (χ1v) is 7.81. The Morgan fingerprint density at radius 3 is 2.69 bits per heavy atom. The molecule has 0 amide bonds. The van der Waals surface area contributed by atoms with E-state index >= 15 is 0 Å². The number of halogens is 3. The second-order valence-electron chi connectivity index (χ2n) is 5.90. The predicted octanol–water partition coefficient (Wildman–Crippen LogP) is 2.75. The van der Waals surface area contributed by atoms with Gasteiger partial charge >= 0.3 is 6.18 Å². The van der Waals surface area contributed by atoms with Gasteiger partial charge in [0.15, 0.2) is 0 Å². The quantitative estimate of drug-likeness (QED) is 0.795. The second kappa shape index (κ2) is 6.67. The fourth-order valence-corrected chi connectivity index (χ4v) is 2.58. The van der Waals surface area contributed by atoms with E-state index in [0.717, 1.165) is 12.1 Å². The van der Waals surface area contributed by atoms with Gasteiger partial charge in [-0.15, -0.1) is 0 Å². The standard InChI is InChI=1S/C18H16F3N5/c1-11-15(7-6-14-9-23-10-26(14)2)16(25-17(22)24-11)12-4-3-5-13(8-12)18(19,20)21/h3-5,8,10,14H,9H2,1-2H3,(H2,22,24,25). The van der Waals surface area contributed by atoms with E-state index in [-0.39, 0.29) is 23.2 Å². The molecule has 0 saturated carbocycles. The van der Waals surface area contributed by atoms with Gasteiger partial charge in [0, 0.05) is 12.6 Å². The van der Waals surface area contributed by atoms with Crippen LogP contribution in [-0.2, 0) is 6.18 Å². The minimum atomic E-state index is -4.45. The molecule has 0 saturated heterocycles. The van der Waals surface area contributed by atoms with E-state index in [1.807, 2.05) is 11.9 Å². The highest BCUT2D eigenvalue weighted by atomic mass is 19.4. The average molecular weight is 359 g/mol. The molecule has 1 aromatic heterocycles. The van der Waals surface area contributed by atoms with Crippen LogP contribution in [0.15, 0.2) is 29.3 Å². The number of benzene rings is 1. The number of aliphatic imine (C=N–C) groups is 1. The fourth-order valence-electron chi connectivity index (χ4n) is 2.58. The first-order valence-electron chi connectivity index (χ1n) is 7.81. The zero-order valence-corrected chi connectivity index (χ0v) is 14.2. The lowest BCUT2D eigenvalue weighted by Gasteiger charge is -2.13. The summed E-state index contributed by atoms with van der Waals surface area (Å²) in [5, 5.41) is 0. The van der Waals surface area contributed by atoms with Crippen molar-refractivity contribution in [2.75, 3.05) is 19.3 Å². The number of nitrogen functional groups attached to an aromatic ring is 1. The molecule has 26 heavy (non-hydrogen) atoms. The maximum absolute atomic E-state index is 13.0. The Morgan fingerprint density at radius 2 is 2.04 bits per heavy atom. The molecule has 5 nitrogen and oxygen atoms in total. The van der Waals surface area contributed by atoms with Crippen molar-refractivity contribution >= 4 is 12.3 Å². The van der Waals surface area contributed by atoms with Gasteiger partial charge in [-0.25, -0.2) is 9.97 Å². The van der Waals surface area contributed by atoms with Gasteiger partial charge in [-0.3, -0.25) is 4.99 Å². The number of nitrogens with zero attached hydrogens (tertiary/aromatic N) is 4. The van der Waals surface area contributed by atoms with E-state index in [1.54, 1.807) is 19.3 Å². The Morgan fingerprint density at radius 1 is 1.27 bits per heavy atom. The second-order valence-corrected chi connectivity index (χ2v) is 5.90. The summed E-state index contributed by atoms with van der Waals surface area (Å²) in [6, 6.07) is 4.84. The Balaban J connectivity index is 2.09. The largest absolute Gasteiger partial charge is 0.416 e. The van der Waals surface area contributed by atoms with Crippen molar-refractivity contribution in [1.29, 1.82) is 0 Å². The lowest BCUT2D eigenvalue weighted by Crippen LogP contribution is -2.25. The number of hydrogen-bond acceptors (Lipinski definition) is 5. The number of likely N-dealkylation sites (N-methyl/N-ethyl adjacent to an activating group) is 1. The molecule has 2 aromatic rings. The van der Waals surface area contributed by atoms with Crippen molar-refractivity contribution in [1.82, 2.24) is 14.9 Å². The minimum absolute atomic E-state index is 0.0122. The molecular weight excluding hydrogens is 343 g/mol. The van der Waals surface area contributed by atoms with Crippen molar-refractivity contribution in [3.63, 3.8) is 0 Å². The number of hydrogen-bond donors (Lipinski definition) is 1. The maximum atomic E-state index is 13.0. The van der Waals surface area contributed by atoms with Crippen LogP contribution in [0.2, 0.25) is 0 Å². The van der Waals surface area contributed by atoms with Gasteiger partial charge < -0.3 is 10.6 Å². The minimum Gasteiger partial charge on any atom is -0.368 e. The summed E-state index contributed by atoms with van der Waals surface area (Å²) in [7, 11) is 1.86. The lowest BCUT2D eigenvalue weighted by molar-refractivity contribution is -0.137. The average Bonchev–Trinajstić information content (AvgIpc) is 2.98. The molecule has 2 N–H and O–H groups in total. The molecule has 0 radical (unpaired) electrons. The summed E-state index contributed by atoms with van der Waals surface area (Å²) in [5.41, 5.74) is 6.50. The number of alkyl halides is 3. The molecule has 0 bridgehead atoms. The molecule has 0 aliphatic carbocycles. The molecule has 1 aromatic carbocycles. The van der Waals surface area contributed by atoms with Crippen LogP contribution in [0.3, 0.4) is 0 Å². The summed E-state index contributed by atoms with van der Waals surface area (Å²) < 4.78 is 39.1. The van der Waals surface area contributed by atoms with E-state index in [9.17, 15) is 13.2 Å². The van der Waals surface area contributed by atoms with Gasteiger partial charge in [-0.2, -0.15) is 13.2 Å². The number of anilines is 1. The third kappa shape index (κ3) is 3.61. The molecule has 8 heteroatoms. The first-order chi connectivity index (χ1) is 12.3. The molecule has 2 heterocycles. The van der Waals surface area contributed by atoms with Crippen molar-refractivity contribution < 1.29 is 13.2 Å². The van der Waals surface area contributed by atoms with Gasteiger partial charge in [-0.1, -0.05) is 24.0 Å². The van der Waals surface area contributed by atoms with E-state index in [4.69, 9.17) is 5.73 Å². The summed E-state index contributed by atoms with van der Waals surface area (Å²) >= 11 is 0. The highest BCUT2D eigenvalue weighted by molar-refractivity contribution is 5.70. The lowest BCUT2D eigenvalue weighted by atomic mass is 10.0. The van der Waals surface area contributed by atoms with Crippen LogP contribution in [0.1, 0.15) is 16.8 Å². The number of aryl methyl sites for hydroxylation is 1. The Kier molecular flexibility index (Phi) is 4.55. The maximum Gasteiger partial charge on any atom is 0.416 e. The fraction of sp³-hybridized carbons (Fsp3) is 0.278. The van der Waals surface area contributed by atoms with Crippen LogP contribution in [0.25, 0.3) is 11.3 Å². The van der Waals surface area contributed by atoms with Gasteiger partial charge in [0.1, 0.15) is 6.04 Å². The van der Waals surface area contributed by atoms with E-state index < -0.39 is 11.7 Å². The van der Waals surface area contributed by atoms with Crippen LogP contribution in [-0.4, -0.2) is 40.8 Å². The summed E-state index contributed by atoms with van der Waals surface area (Å²) in [5.74, 6) is 6.06. The summed E-state index contributed by atoms with van der Waals surface area (Å²) in [6.07, 6.45) is -2.75. The molecule has 1 aliphatic heterocycles. The van der Waals surface area contributed by atoms with E-state index in [2.05, 4.69) is 26.8 Å². The van der Waals surface area contributed by atoms with Crippen LogP contribution in [0.5, 0.6) is 0 Å². The molecule has 1 unspecified atom stereocenters. The number of rotatable bonds is 1. The molecule has 3 rings (SSSR count). The zero-order valence-electron chi connectivity index (χ0n) is 14.2. The van der Waals surface area contributed by atoms with E-state index in [0.29, 0.717) is 17.8 Å². The van der Waals surface area contributed by atoms with Crippen LogP contribution in [0.4, 0.5) is 19.1 Å².